The maximum atomic E-state index is 12.7. The van der Waals surface area contributed by atoms with Crippen molar-refractivity contribution in [1.82, 2.24) is 4.98 Å². The summed E-state index contributed by atoms with van der Waals surface area (Å²) in [6.45, 7) is 0. The average molecular weight is 532 g/mol. The lowest BCUT2D eigenvalue weighted by molar-refractivity contribution is -0.115. The van der Waals surface area contributed by atoms with Gasteiger partial charge < -0.3 is 23.9 Å². The number of hydrogen-bond acceptors (Lipinski definition) is 6. The molecule has 0 unspecified atom stereocenters. The SMILES string of the molecule is COc1cc(CC(=O)Nc2ccc3oc(-c4ccc(Cl)c(Br)c4)nc3c2)cc(OC)c1OC. The number of carbonyl (C=O) groups is 1. The molecule has 0 aliphatic rings. The van der Waals surface area contributed by atoms with Crippen LogP contribution in [-0.2, 0) is 11.2 Å². The Morgan fingerprint density at radius 3 is 2.39 bits per heavy atom. The van der Waals surface area contributed by atoms with Crippen LogP contribution in [0.1, 0.15) is 5.56 Å². The van der Waals surface area contributed by atoms with Gasteiger partial charge in [0.25, 0.3) is 0 Å². The molecule has 1 heterocycles. The topological polar surface area (TPSA) is 82.8 Å². The number of hydrogen-bond donors (Lipinski definition) is 1. The van der Waals surface area contributed by atoms with Gasteiger partial charge in [-0.25, -0.2) is 4.98 Å². The third-order valence-electron chi connectivity index (χ3n) is 4.93. The lowest BCUT2D eigenvalue weighted by atomic mass is 10.1. The number of rotatable bonds is 7. The van der Waals surface area contributed by atoms with Crippen LogP contribution < -0.4 is 19.5 Å². The fourth-order valence-corrected chi connectivity index (χ4v) is 3.88. The van der Waals surface area contributed by atoms with Gasteiger partial charge in [-0.05, 0) is 70.0 Å². The van der Waals surface area contributed by atoms with E-state index in [-0.39, 0.29) is 12.3 Å². The van der Waals surface area contributed by atoms with Crippen LogP contribution in [0, 0.1) is 0 Å². The van der Waals surface area contributed by atoms with E-state index in [4.69, 9.17) is 30.2 Å². The fourth-order valence-electron chi connectivity index (χ4n) is 3.39. The average Bonchev–Trinajstić information content (AvgIpc) is 3.23. The summed E-state index contributed by atoms with van der Waals surface area (Å²) in [4.78, 5) is 17.2. The largest absolute Gasteiger partial charge is 0.493 e. The summed E-state index contributed by atoms with van der Waals surface area (Å²) in [6.07, 6.45) is 0.123. The molecule has 0 radical (unpaired) electrons. The maximum absolute atomic E-state index is 12.7. The van der Waals surface area contributed by atoms with Gasteiger partial charge in [0.2, 0.25) is 17.5 Å². The molecule has 0 spiro atoms. The van der Waals surface area contributed by atoms with E-state index in [1.807, 2.05) is 12.1 Å². The van der Waals surface area contributed by atoms with Crippen LogP contribution in [0.2, 0.25) is 5.02 Å². The van der Waals surface area contributed by atoms with Crippen molar-refractivity contribution in [2.24, 2.45) is 0 Å². The molecule has 1 N–H and O–H groups in total. The molecule has 7 nitrogen and oxygen atoms in total. The van der Waals surface area contributed by atoms with Gasteiger partial charge in [0.1, 0.15) is 5.52 Å². The molecule has 33 heavy (non-hydrogen) atoms. The molecule has 0 bridgehead atoms. The normalized spacial score (nSPS) is 10.8. The zero-order valence-corrected chi connectivity index (χ0v) is 20.4. The van der Waals surface area contributed by atoms with Gasteiger partial charge in [-0.2, -0.15) is 0 Å². The van der Waals surface area contributed by atoms with Gasteiger partial charge in [-0.3, -0.25) is 4.79 Å². The number of oxazole rings is 1. The van der Waals surface area contributed by atoms with Crippen molar-refractivity contribution in [2.45, 2.75) is 6.42 Å². The van der Waals surface area contributed by atoms with Crippen LogP contribution in [0.4, 0.5) is 5.69 Å². The van der Waals surface area contributed by atoms with Gasteiger partial charge in [0, 0.05) is 15.7 Å². The first kappa shape index (κ1) is 22.9. The molecule has 4 rings (SSSR count). The Bertz CT molecular complexity index is 1310. The van der Waals surface area contributed by atoms with E-state index in [0.717, 1.165) is 15.6 Å². The molecular weight excluding hydrogens is 512 g/mol. The zero-order chi connectivity index (χ0) is 23.5. The Kier molecular flexibility index (Phi) is 6.76. The van der Waals surface area contributed by atoms with E-state index in [1.54, 1.807) is 36.4 Å². The molecule has 0 saturated carbocycles. The summed E-state index contributed by atoms with van der Waals surface area (Å²) in [5.41, 5.74) is 3.35. The summed E-state index contributed by atoms with van der Waals surface area (Å²) in [5.74, 6) is 1.72. The van der Waals surface area contributed by atoms with Crippen molar-refractivity contribution in [3.63, 3.8) is 0 Å². The molecule has 0 aliphatic carbocycles. The summed E-state index contributed by atoms with van der Waals surface area (Å²) < 4.78 is 22.6. The number of halogens is 2. The lowest BCUT2D eigenvalue weighted by Crippen LogP contribution is -2.14. The number of anilines is 1. The first-order valence-electron chi connectivity index (χ1n) is 9.86. The van der Waals surface area contributed by atoms with Crippen molar-refractivity contribution < 1.29 is 23.4 Å². The Morgan fingerprint density at radius 1 is 1.03 bits per heavy atom. The minimum absolute atomic E-state index is 0.123. The van der Waals surface area contributed by atoms with E-state index in [0.29, 0.717) is 44.9 Å². The van der Waals surface area contributed by atoms with Gasteiger partial charge in [-0.15, -0.1) is 0 Å². The highest BCUT2D eigenvalue weighted by atomic mass is 79.9. The predicted molar refractivity (Wildman–Crippen MR) is 131 cm³/mol. The number of methoxy groups -OCH3 is 3. The zero-order valence-electron chi connectivity index (χ0n) is 18.1. The highest BCUT2D eigenvalue weighted by Crippen LogP contribution is 2.38. The van der Waals surface area contributed by atoms with Crippen LogP contribution in [-0.4, -0.2) is 32.2 Å². The molecule has 0 fully saturated rings. The Hall–Kier alpha value is -3.23. The Labute approximate surface area is 203 Å². The third-order valence-corrected chi connectivity index (χ3v) is 6.14. The third kappa shape index (κ3) is 4.91. The lowest BCUT2D eigenvalue weighted by Gasteiger charge is -2.14. The number of fused-ring (bicyclic) bond motifs is 1. The first-order valence-corrected chi connectivity index (χ1v) is 11.0. The Morgan fingerprint density at radius 2 is 1.76 bits per heavy atom. The molecule has 0 atom stereocenters. The summed E-state index contributed by atoms with van der Waals surface area (Å²) in [7, 11) is 4.60. The summed E-state index contributed by atoms with van der Waals surface area (Å²) in [5, 5.41) is 3.50. The second kappa shape index (κ2) is 9.72. The number of nitrogens with zero attached hydrogens (tertiary/aromatic N) is 1. The Balaban J connectivity index is 1.53. The van der Waals surface area contributed by atoms with Crippen LogP contribution in [0.3, 0.4) is 0 Å². The smallest absolute Gasteiger partial charge is 0.228 e. The van der Waals surface area contributed by atoms with E-state index in [9.17, 15) is 4.79 Å². The number of aromatic nitrogens is 1. The second-order valence-corrected chi connectivity index (χ2v) is 8.35. The van der Waals surface area contributed by atoms with Gasteiger partial charge in [0.05, 0.1) is 32.8 Å². The van der Waals surface area contributed by atoms with E-state index in [1.165, 1.54) is 21.3 Å². The van der Waals surface area contributed by atoms with E-state index < -0.39 is 0 Å². The quantitative estimate of drug-likeness (QED) is 0.309. The number of nitrogens with one attached hydrogen (secondary N) is 1. The molecule has 3 aromatic carbocycles. The summed E-state index contributed by atoms with van der Waals surface area (Å²) in [6, 6.07) is 14.2. The predicted octanol–water partition coefficient (Wildman–Crippen LogP) is 6.12. The number of benzene rings is 3. The standard InChI is InChI=1S/C24H20BrClN2O5/c1-30-20-8-13(9-21(31-2)23(20)32-3)10-22(29)27-15-5-7-19-18(12-15)28-24(33-19)14-4-6-17(26)16(25)11-14/h4-9,11-12H,10H2,1-3H3,(H,27,29). The van der Waals surface area contributed by atoms with Crippen molar-refractivity contribution in [2.75, 3.05) is 26.6 Å². The monoisotopic (exact) mass is 530 g/mol. The minimum atomic E-state index is -0.200. The summed E-state index contributed by atoms with van der Waals surface area (Å²) >= 11 is 9.47. The van der Waals surface area contributed by atoms with Crippen LogP contribution in [0.5, 0.6) is 17.2 Å². The van der Waals surface area contributed by atoms with Crippen LogP contribution in [0.15, 0.2) is 57.4 Å². The van der Waals surface area contributed by atoms with Crippen molar-refractivity contribution in [3.8, 4) is 28.7 Å². The van der Waals surface area contributed by atoms with Gasteiger partial charge >= 0.3 is 0 Å². The molecule has 170 valence electrons. The number of amides is 1. The number of ether oxygens (including phenoxy) is 3. The highest BCUT2D eigenvalue weighted by Gasteiger charge is 2.16. The van der Waals surface area contributed by atoms with Crippen LogP contribution in [0.25, 0.3) is 22.6 Å². The van der Waals surface area contributed by atoms with Gasteiger partial charge in [-0.1, -0.05) is 11.6 Å². The number of carbonyl (C=O) groups excluding carboxylic acids is 1. The second-order valence-electron chi connectivity index (χ2n) is 7.09. The van der Waals surface area contributed by atoms with E-state index in [2.05, 4.69) is 26.2 Å². The van der Waals surface area contributed by atoms with Crippen LogP contribution >= 0.6 is 27.5 Å². The molecule has 0 aliphatic heterocycles. The minimum Gasteiger partial charge on any atom is -0.493 e. The van der Waals surface area contributed by atoms with E-state index >= 15 is 0 Å². The van der Waals surface area contributed by atoms with Gasteiger partial charge in [0.15, 0.2) is 17.1 Å². The molecule has 9 heteroatoms. The molecule has 1 aromatic heterocycles. The molecule has 1 amide bonds. The highest BCUT2D eigenvalue weighted by molar-refractivity contribution is 9.10. The van der Waals surface area contributed by atoms with Crippen molar-refractivity contribution in [1.29, 1.82) is 0 Å². The fraction of sp³-hybridized carbons (Fsp3) is 0.167. The van der Waals surface area contributed by atoms with Crippen molar-refractivity contribution in [3.05, 3.63) is 63.6 Å². The maximum Gasteiger partial charge on any atom is 0.228 e. The first-order chi connectivity index (χ1) is 15.9. The molecular formula is C24H20BrClN2O5. The molecule has 0 saturated heterocycles. The van der Waals surface area contributed by atoms with Crippen molar-refractivity contribution >= 4 is 50.2 Å². The molecule has 4 aromatic rings.